The number of ether oxygens (including phenoxy) is 1. The second-order valence-corrected chi connectivity index (χ2v) is 7.56. The van der Waals surface area contributed by atoms with Gasteiger partial charge in [-0.1, -0.05) is 0 Å². The molecule has 7 heteroatoms. The van der Waals surface area contributed by atoms with E-state index in [9.17, 15) is 8.42 Å². The summed E-state index contributed by atoms with van der Waals surface area (Å²) in [4.78, 5) is 0.170. The molecule has 1 fully saturated rings. The van der Waals surface area contributed by atoms with Gasteiger partial charge < -0.3 is 10.5 Å². The molecule has 0 aliphatic carbocycles. The highest BCUT2D eigenvalue weighted by Gasteiger charge is 2.32. The number of anilines is 1. The molecule has 0 saturated carbocycles. The molecule has 1 aliphatic rings. The Hall–Kier alpha value is -0.920. The van der Waals surface area contributed by atoms with Crippen LogP contribution in [0.1, 0.15) is 6.42 Å². The van der Waals surface area contributed by atoms with Crippen LogP contribution in [0.5, 0.6) is 5.75 Å². The van der Waals surface area contributed by atoms with Crippen molar-refractivity contribution in [2.45, 2.75) is 17.4 Å². The van der Waals surface area contributed by atoms with Gasteiger partial charge in [-0.2, -0.15) is 16.1 Å². The van der Waals surface area contributed by atoms with Crippen LogP contribution in [0.4, 0.5) is 5.69 Å². The van der Waals surface area contributed by atoms with Gasteiger partial charge in [0, 0.05) is 30.6 Å². The van der Waals surface area contributed by atoms with Crippen molar-refractivity contribution in [3.05, 3.63) is 18.2 Å². The van der Waals surface area contributed by atoms with Crippen LogP contribution in [0.3, 0.4) is 0 Å². The molecule has 5 nitrogen and oxygen atoms in total. The van der Waals surface area contributed by atoms with Crippen molar-refractivity contribution in [1.82, 2.24) is 4.31 Å². The summed E-state index contributed by atoms with van der Waals surface area (Å²) in [6.07, 6.45) is 0.887. The normalized spacial score (nSPS) is 19.8. The number of nitrogens with zero attached hydrogens (tertiary/aromatic N) is 1. The van der Waals surface area contributed by atoms with Crippen LogP contribution in [-0.2, 0) is 10.0 Å². The maximum atomic E-state index is 12.6. The fourth-order valence-corrected chi connectivity index (χ4v) is 4.94. The predicted molar refractivity (Wildman–Crippen MR) is 78.1 cm³/mol. The minimum Gasteiger partial charge on any atom is -0.495 e. The Morgan fingerprint density at radius 2 is 2.21 bits per heavy atom. The summed E-state index contributed by atoms with van der Waals surface area (Å²) in [6, 6.07) is 4.66. The Balaban J connectivity index is 2.38. The minimum atomic E-state index is -3.54. The number of sulfonamides is 1. The fraction of sp³-hybridized carbons (Fsp3) is 0.500. The second kappa shape index (κ2) is 5.60. The van der Waals surface area contributed by atoms with Gasteiger partial charge in [-0.15, -0.1) is 0 Å². The quantitative estimate of drug-likeness (QED) is 0.851. The molecule has 0 aromatic heterocycles. The largest absolute Gasteiger partial charge is 0.495 e. The lowest BCUT2D eigenvalue weighted by molar-refractivity contribution is 0.380. The van der Waals surface area contributed by atoms with E-state index in [0.717, 1.165) is 17.9 Å². The van der Waals surface area contributed by atoms with Gasteiger partial charge in [0.25, 0.3) is 0 Å². The SMILES string of the molecule is COc1cc(N)ccc1S(=O)(=O)N(C)C1CCSC1. The zero-order valence-electron chi connectivity index (χ0n) is 11.0. The summed E-state index contributed by atoms with van der Waals surface area (Å²) in [7, 11) is -0.472. The molecule has 1 aromatic carbocycles. The molecule has 19 heavy (non-hydrogen) atoms. The minimum absolute atomic E-state index is 0.0530. The van der Waals surface area contributed by atoms with Crippen LogP contribution in [0.25, 0.3) is 0 Å². The van der Waals surface area contributed by atoms with Gasteiger partial charge in [0.15, 0.2) is 0 Å². The summed E-state index contributed by atoms with van der Waals surface area (Å²) in [6.45, 7) is 0. The number of hydrogen-bond donors (Lipinski definition) is 1. The first-order valence-corrected chi connectivity index (χ1v) is 8.55. The lowest BCUT2D eigenvalue weighted by Gasteiger charge is -2.24. The second-order valence-electron chi connectivity index (χ2n) is 4.45. The van der Waals surface area contributed by atoms with E-state index < -0.39 is 10.0 Å². The van der Waals surface area contributed by atoms with Crippen molar-refractivity contribution < 1.29 is 13.2 Å². The van der Waals surface area contributed by atoms with E-state index in [1.807, 2.05) is 0 Å². The van der Waals surface area contributed by atoms with Crippen molar-refractivity contribution in [1.29, 1.82) is 0 Å². The van der Waals surface area contributed by atoms with E-state index in [0.29, 0.717) is 5.69 Å². The van der Waals surface area contributed by atoms with Gasteiger partial charge in [-0.05, 0) is 24.3 Å². The van der Waals surface area contributed by atoms with Gasteiger partial charge >= 0.3 is 0 Å². The first-order valence-electron chi connectivity index (χ1n) is 5.96. The Morgan fingerprint density at radius 3 is 2.79 bits per heavy atom. The molecule has 0 amide bonds. The number of nitrogen functional groups attached to an aromatic ring is 1. The van der Waals surface area contributed by atoms with Gasteiger partial charge in [0.1, 0.15) is 10.6 Å². The number of thioether (sulfide) groups is 1. The summed E-state index contributed by atoms with van der Waals surface area (Å²) in [5.74, 6) is 2.13. The number of methoxy groups -OCH3 is 1. The summed E-state index contributed by atoms with van der Waals surface area (Å²) >= 11 is 1.78. The molecule has 0 bridgehead atoms. The van der Waals surface area contributed by atoms with E-state index in [1.54, 1.807) is 24.9 Å². The predicted octanol–water partition coefficient (Wildman–Crippen LogP) is 1.40. The van der Waals surface area contributed by atoms with Gasteiger partial charge in [-0.25, -0.2) is 8.42 Å². The summed E-state index contributed by atoms with van der Waals surface area (Å²) in [5, 5.41) is 0. The van der Waals surface area contributed by atoms with Crippen LogP contribution >= 0.6 is 11.8 Å². The van der Waals surface area contributed by atoms with E-state index in [-0.39, 0.29) is 16.7 Å². The number of benzene rings is 1. The Kier molecular flexibility index (Phi) is 4.27. The smallest absolute Gasteiger partial charge is 0.246 e. The van der Waals surface area contributed by atoms with Crippen LogP contribution in [0.15, 0.2) is 23.1 Å². The fourth-order valence-electron chi connectivity index (χ4n) is 2.06. The Morgan fingerprint density at radius 1 is 1.47 bits per heavy atom. The van der Waals surface area contributed by atoms with Crippen molar-refractivity contribution in [3.63, 3.8) is 0 Å². The molecule has 1 aromatic rings. The Labute approximate surface area is 118 Å². The van der Waals surface area contributed by atoms with Crippen molar-refractivity contribution >= 4 is 27.5 Å². The molecule has 1 aliphatic heterocycles. The lowest BCUT2D eigenvalue weighted by Crippen LogP contribution is -2.37. The van der Waals surface area contributed by atoms with Gasteiger partial charge in [-0.3, -0.25) is 0 Å². The average Bonchev–Trinajstić information content (AvgIpc) is 2.91. The van der Waals surface area contributed by atoms with Gasteiger partial charge in [0.05, 0.1) is 7.11 Å². The first kappa shape index (κ1) is 14.5. The maximum absolute atomic E-state index is 12.6. The number of rotatable bonds is 4. The highest BCUT2D eigenvalue weighted by molar-refractivity contribution is 7.99. The number of nitrogens with two attached hydrogens (primary N) is 1. The van der Waals surface area contributed by atoms with E-state index in [1.165, 1.54) is 23.5 Å². The van der Waals surface area contributed by atoms with Crippen molar-refractivity contribution in [3.8, 4) is 5.75 Å². The third-order valence-electron chi connectivity index (χ3n) is 3.26. The number of hydrogen-bond acceptors (Lipinski definition) is 5. The van der Waals surface area contributed by atoms with Gasteiger partial charge in [0.2, 0.25) is 10.0 Å². The monoisotopic (exact) mass is 302 g/mol. The van der Waals surface area contributed by atoms with E-state index in [4.69, 9.17) is 10.5 Å². The molecular formula is C12H18N2O3S2. The van der Waals surface area contributed by atoms with E-state index >= 15 is 0 Å². The highest BCUT2D eigenvalue weighted by atomic mass is 32.2. The lowest BCUT2D eigenvalue weighted by atomic mass is 10.3. The van der Waals surface area contributed by atoms with Crippen molar-refractivity contribution in [2.75, 3.05) is 31.4 Å². The molecule has 0 radical (unpaired) electrons. The summed E-state index contributed by atoms with van der Waals surface area (Å²) < 4.78 is 31.8. The average molecular weight is 302 g/mol. The Bertz CT molecular complexity index is 554. The third-order valence-corrected chi connectivity index (χ3v) is 6.36. The van der Waals surface area contributed by atoms with Crippen molar-refractivity contribution in [2.24, 2.45) is 0 Å². The highest BCUT2D eigenvalue weighted by Crippen LogP contribution is 2.31. The maximum Gasteiger partial charge on any atom is 0.246 e. The molecule has 1 saturated heterocycles. The first-order chi connectivity index (χ1) is 8.96. The molecule has 106 valence electrons. The van der Waals surface area contributed by atoms with Crippen LogP contribution < -0.4 is 10.5 Å². The van der Waals surface area contributed by atoms with Crippen LogP contribution in [0, 0.1) is 0 Å². The third kappa shape index (κ3) is 2.82. The molecule has 1 heterocycles. The molecule has 2 rings (SSSR count). The molecule has 0 spiro atoms. The molecule has 1 unspecified atom stereocenters. The molecular weight excluding hydrogens is 284 g/mol. The van der Waals surface area contributed by atoms with Crippen LogP contribution in [-0.4, -0.2) is 44.4 Å². The van der Waals surface area contributed by atoms with Crippen LogP contribution in [0.2, 0.25) is 0 Å². The topological polar surface area (TPSA) is 72.6 Å². The van der Waals surface area contributed by atoms with E-state index in [2.05, 4.69) is 0 Å². The summed E-state index contributed by atoms with van der Waals surface area (Å²) in [5.41, 5.74) is 6.13. The molecule has 1 atom stereocenters. The molecule has 2 N–H and O–H groups in total. The zero-order valence-corrected chi connectivity index (χ0v) is 12.6. The standard InChI is InChI=1S/C12H18N2O3S2/c1-14(10-5-6-18-8-10)19(15,16)12-4-3-9(13)7-11(12)17-2/h3-4,7,10H,5-6,8,13H2,1-2H3. The zero-order chi connectivity index (χ0) is 14.0.